The van der Waals surface area contributed by atoms with Crippen molar-refractivity contribution in [2.24, 2.45) is 0 Å². The van der Waals surface area contributed by atoms with Gasteiger partial charge in [-0.1, -0.05) is 6.07 Å². The van der Waals surface area contributed by atoms with Gasteiger partial charge in [0.05, 0.1) is 6.54 Å². The summed E-state index contributed by atoms with van der Waals surface area (Å²) in [7, 11) is -3.64. The van der Waals surface area contributed by atoms with E-state index < -0.39 is 15.9 Å². The molecule has 142 valence electrons. The van der Waals surface area contributed by atoms with Crippen LogP contribution in [0.15, 0.2) is 39.8 Å². The number of pyridine rings is 1. The molecule has 0 aliphatic carbocycles. The summed E-state index contributed by atoms with van der Waals surface area (Å²) >= 11 is 0. The molecular weight excluding hydrogens is 370 g/mol. The van der Waals surface area contributed by atoms with Gasteiger partial charge in [0.25, 0.3) is 5.91 Å². The lowest BCUT2D eigenvalue weighted by molar-refractivity contribution is 0.0920. The lowest BCUT2D eigenvalue weighted by atomic mass is 10.4. The summed E-state index contributed by atoms with van der Waals surface area (Å²) in [6.07, 6.45) is 3.49. The van der Waals surface area contributed by atoms with Gasteiger partial charge in [0.1, 0.15) is 10.7 Å². The third kappa shape index (κ3) is 3.21. The predicted molar refractivity (Wildman–Crippen MR) is 95.6 cm³/mol. The number of furan rings is 1. The summed E-state index contributed by atoms with van der Waals surface area (Å²) in [6, 6.07) is 6.79. The van der Waals surface area contributed by atoms with E-state index >= 15 is 0 Å². The highest BCUT2D eigenvalue weighted by molar-refractivity contribution is 7.89. The van der Waals surface area contributed by atoms with Gasteiger partial charge < -0.3 is 9.73 Å². The number of aromatic nitrogens is 3. The Bertz CT molecular complexity index is 1100. The largest absolute Gasteiger partial charge is 0.455 e. The first-order chi connectivity index (χ1) is 13.0. The smallest absolute Gasteiger partial charge is 0.287 e. The van der Waals surface area contributed by atoms with Crippen LogP contribution in [0.3, 0.4) is 0 Å². The van der Waals surface area contributed by atoms with Crippen molar-refractivity contribution < 1.29 is 17.6 Å². The standard InChI is InChI=1S/C17H19N5O4S/c1-12-14(27(24,25)21-7-4-5-8-21)10-13(26-12)17(23)18-11-16-20-19-15-6-2-3-9-22(15)16/h2-3,6,9-10H,4-5,7-8,11H2,1H3,(H,18,23). The SMILES string of the molecule is Cc1oc(C(=O)NCc2nnc3ccccn23)cc1S(=O)(=O)N1CCCC1. The van der Waals surface area contributed by atoms with E-state index in [1.807, 2.05) is 18.2 Å². The Labute approximate surface area is 156 Å². The summed E-state index contributed by atoms with van der Waals surface area (Å²) in [5.74, 6) is 0.222. The maximum atomic E-state index is 12.7. The number of amides is 1. The Morgan fingerprint density at radius 2 is 2.04 bits per heavy atom. The summed E-state index contributed by atoms with van der Waals surface area (Å²) in [4.78, 5) is 12.5. The van der Waals surface area contributed by atoms with Crippen LogP contribution >= 0.6 is 0 Å². The molecule has 0 spiro atoms. The van der Waals surface area contributed by atoms with Crippen LogP contribution in [0.2, 0.25) is 0 Å². The van der Waals surface area contributed by atoms with E-state index in [4.69, 9.17) is 4.42 Å². The molecule has 1 N–H and O–H groups in total. The minimum atomic E-state index is -3.64. The van der Waals surface area contributed by atoms with Crippen molar-refractivity contribution in [3.05, 3.63) is 47.8 Å². The van der Waals surface area contributed by atoms with Gasteiger partial charge in [0.15, 0.2) is 17.2 Å². The minimum Gasteiger partial charge on any atom is -0.455 e. The van der Waals surface area contributed by atoms with E-state index in [9.17, 15) is 13.2 Å². The van der Waals surface area contributed by atoms with E-state index in [2.05, 4.69) is 15.5 Å². The van der Waals surface area contributed by atoms with Crippen LogP contribution in [0.5, 0.6) is 0 Å². The average Bonchev–Trinajstić information content (AvgIpc) is 3.39. The molecule has 3 aromatic rings. The highest BCUT2D eigenvalue weighted by atomic mass is 32.2. The fourth-order valence-corrected chi connectivity index (χ4v) is 4.84. The molecule has 27 heavy (non-hydrogen) atoms. The number of rotatable bonds is 5. The molecule has 10 heteroatoms. The summed E-state index contributed by atoms with van der Waals surface area (Å²) in [5.41, 5.74) is 0.676. The van der Waals surface area contributed by atoms with Crippen molar-refractivity contribution in [2.75, 3.05) is 13.1 Å². The van der Waals surface area contributed by atoms with Gasteiger partial charge in [0, 0.05) is 25.4 Å². The van der Waals surface area contributed by atoms with Crippen LogP contribution in [0.4, 0.5) is 0 Å². The zero-order valence-electron chi connectivity index (χ0n) is 14.8. The molecule has 4 heterocycles. The van der Waals surface area contributed by atoms with Crippen molar-refractivity contribution in [3.63, 3.8) is 0 Å². The summed E-state index contributed by atoms with van der Waals surface area (Å²) in [6.45, 7) is 2.67. The van der Waals surface area contributed by atoms with E-state index in [-0.39, 0.29) is 23.0 Å². The first-order valence-electron chi connectivity index (χ1n) is 8.64. The molecule has 3 aromatic heterocycles. The Morgan fingerprint density at radius 3 is 2.81 bits per heavy atom. The maximum absolute atomic E-state index is 12.7. The third-order valence-electron chi connectivity index (χ3n) is 4.57. The number of aryl methyl sites for hydroxylation is 1. The van der Waals surface area contributed by atoms with Crippen LogP contribution < -0.4 is 5.32 Å². The highest BCUT2D eigenvalue weighted by Crippen LogP contribution is 2.26. The fourth-order valence-electron chi connectivity index (χ4n) is 3.16. The molecule has 4 rings (SSSR count). The van der Waals surface area contributed by atoms with Crippen LogP contribution in [-0.2, 0) is 16.6 Å². The Kier molecular flexibility index (Phi) is 4.44. The number of nitrogens with one attached hydrogen (secondary N) is 1. The Hall–Kier alpha value is -2.72. The van der Waals surface area contributed by atoms with Crippen LogP contribution in [0.25, 0.3) is 5.65 Å². The number of nitrogens with zero attached hydrogens (tertiary/aromatic N) is 4. The van der Waals surface area contributed by atoms with Crippen molar-refractivity contribution in [2.45, 2.75) is 31.2 Å². The number of carbonyl (C=O) groups is 1. The molecule has 1 aliphatic heterocycles. The number of hydrogen-bond acceptors (Lipinski definition) is 6. The molecule has 0 saturated carbocycles. The molecule has 9 nitrogen and oxygen atoms in total. The zero-order valence-corrected chi connectivity index (χ0v) is 15.6. The molecule has 0 aromatic carbocycles. The second-order valence-corrected chi connectivity index (χ2v) is 8.28. The molecule has 1 saturated heterocycles. The molecule has 0 radical (unpaired) electrons. The van der Waals surface area contributed by atoms with E-state index in [0.29, 0.717) is 24.6 Å². The predicted octanol–water partition coefficient (Wildman–Crippen LogP) is 1.35. The second-order valence-electron chi connectivity index (χ2n) is 6.37. The number of carbonyl (C=O) groups excluding carboxylic acids is 1. The van der Waals surface area contributed by atoms with Gasteiger partial charge >= 0.3 is 0 Å². The number of sulfonamides is 1. The quantitative estimate of drug-likeness (QED) is 0.705. The highest BCUT2D eigenvalue weighted by Gasteiger charge is 2.31. The van der Waals surface area contributed by atoms with Crippen LogP contribution in [-0.4, -0.2) is 46.3 Å². The molecule has 1 amide bonds. The first-order valence-corrected chi connectivity index (χ1v) is 10.1. The number of hydrogen-bond donors (Lipinski definition) is 1. The van der Waals surface area contributed by atoms with Crippen LogP contribution in [0, 0.1) is 6.92 Å². The van der Waals surface area contributed by atoms with Crippen molar-refractivity contribution in [1.29, 1.82) is 0 Å². The first kappa shape index (κ1) is 17.7. The monoisotopic (exact) mass is 389 g/mol. The second kappa shape index (κ2) is 6.78. The number of fused-ring (bicyclic) bond motifs is 1. The van der Waals surface area contributed by atoms with Crippen molar-refractivity contribution >= 4 is 21.6 Å². The molecule has 0 bridgehead atoms. The van der Waals surface area contributed by atoms with Gasteiger partial charge in [-0.15, -0.1) is 10.2 Å². The van der Waals surface area contributed by atoms with Gasteiger partial charge in [0.2, 0.25) is 10.0 Å². The van der Waals surface area contributed by atoms with Gasteiger partial charge in [-0.05, 0) is 31.9 Å². The van der Waals surface area contributed by atoms with Crippen molar-refractivity contribution in [3.8, 4) is 0 Å². The molecule has 1 aliphatic rings. The minimum absolute atomic E-state index is 0.0425. The van der Waals surface area contributed by atoms with Crippen molar-refractivity contribution in [1.82, 2.24) is 24.2 Å². The normalized spacial score (nSPS) is 15.4. The van der Waals surface area contributed by atoms with Gasteiger partial charge in [-0.2, -0.15) is 4.31 Å². The summed E-state index contributed by atoms with van der Waals surface area (Å²) < 4.78 is 34.0. The maximum Gasteiger partial charge on any atom is 0.287 e. The fraction of sp³-hybridized carbons (Fsp3) is 0.353. The van der Waals surface area contributed by atoms with E-state index in [1.165, 1.54) is 10.4 Å². The van der Waals surface area contributed by atoms with Gasteiger partial charge in [-0.3, -0.25) is 9.20 Å². The molecule has 1 fully saturated rings. The lowest BCUT2D eigenvalue weighted by Crippen LogP contribution is -2.28. The molecular formula is C17H19N5O4S. The Morgan fingerprint density at radius 1 is 1.26 bits per heavy atom. The topological polar surface area (TPSA) is 110 Å². The van der Waals surface area contributed by atoms with Crippen LogP contribution in [0.1, 0.15) is 35.0 Å². The van der Waals surface area contributed by atoms with Gasteiger partial charge in [-0.25, -0.2) is 8.42 Å². The van der Waals surface area contributed by atoms with E-state index in [0.717, 1.165) is 12.8 Å². The average molecular weight is 389 g/mol. The van der Waals surface area contributed by atoms with E-state index in [1.54, 1.807) is 17.5 Å². The third-order valence-corrected chi connectivity index (χ3v) is 6.58. The molecule has 0 atom stereocenters. The summed E-state index contributed by atoms with van der Waals surface area (Å²) in [5, 5.41) is 10.7. The lowest BCUT2D eigenvalue weighted by Gasteiger charge is -2.14. The Balaban J connectivity index is 1.51. The zero-order chi connectivity index (χ0) is 19.0. The molecule has 0 unspecified atom stereocenters.